The fraction of sp³-hybridized carbons (Fsp3) is 0.480. The maximum absolute atomic E-state index is 12.8. The van der Waals surface area contributed by atoms with Gasteiger partial charge in [-0.1, -0.05) is 29.8 Å². The summed E-state index contributed by atoms with van der Waals surface area (Å²) in [6.07, 6.45) is 3.56. The standard InChI is InChI=1S/C25H31N9O3/c1-18-3-2-4-19(13-18)14-27-30-22-21-23(29-24(28-22)31-5-9-36-10-6-31)34(17-26-21)20-15-33(16-20)25(35)32-7-11-37-12-8-32/h2-4,13-14,17,20H,5-12,15-16H2,1H3,(H,28,29,30)/b27-14+. The first-order valence-corrected chi connectivity index (χ1v) is 12.7. The van der Waals surface area contributed by atoms with Crippen LogP contribution in [-0.4, -0.2) is 107 Å². The van der Waals surface area contributed by atoms with E-state index in [9.17, 15) is 4.79 Å². The highest BCUT2D eigenvalue weighted by Crippen LogP contribution is 2.30. The third-order valence-corrected chi connectivity index (χ3v) is 6.94. The second-order valence-electron chi connectivity index (χ2n) is 9.52. The first-order chi connectivity index (χ1) is 18.2. The number of anilines is 2. The molecule has 0 aliphatic carbocycles. The summed E-state index contributed by atoms with van der Waals surface area (Å²) in [5, 5.41) is 4.44. The molecule has 6 rings (SSSR count). The van der Waals surface area contributed by atoms with Crippen molar-refractivity contribution in [3.63, 3.8) is 0 Å². The van der Waals surface area contributed by atoms with Crippen molar-refractivity contribution in [1.82, 2.24) is 29.3 Å². The van der Waals surface area contributed by atoms with Crippen LogP contribution >= 0.6 is 0 Å². The van der Waals surface area contributed by atoms with Crippen molar-refractivity contribution >= 4 is 35.2 Å². The molecule has 0 unspecified atom stereocenters. The van der Waals surface area contributed by atoms with E-state index in [0.29, 0.717) is 69.9 Å². The number of hydrazone groups is 1. The van der Waals surface area contributed by atoms with Gasteiger partial charge in [0.15, 0.2) is 17.0 Å². The molecule has 37 heavy (non-hydrogen) atoms. The van der Waals surface area contributed by atoms with Crippen LogP contribution in [0.25, 0.3) is 11.2 Å². The zero-order valence-electron chi connectivity index (χ0n) is 20.9. The Morgan fingerprint density at radius 1 is 1.05 bits per heavy atom. The van der Waals surface area contributed by atoms with Crippen molar-refractivity contribution in [3.05, 3.63) is 41.7 Å². The Balaban J connectivity index is 1.25. The van der Waals surface area contributed by atoms with Crippen molar-refractivity contribution < 1.29 is 14.3 Å². The molecule has 2 aromatic heterocycles. The van der Waals surface area contributed by atoms with E-state index >= 15 is 0 Å². The monoisotopic (exact) mass is 505 g/mol. The van der Waals surface area contributed by atoms with Crippen molar-refractivity contribution in [1.29, 1.82) is 0 Å². The van der Waals surface area contributed by atoms with Crippen molar-refractivity contribution in [2.24, 2.45) is 5.10 Å². The van der Waals surface area contributed by atoms with Crippen LogP contribution in [0.15, 0.2) is 35.7 Å². The van der Waals surface area contributed by atoms with Crippen LogP contribution in [0.1, 0.15) is 17.2 Å². The average Bonchev–Trinajstić information content (AvgIpc) is 3.32. The first kappa shape index (κ1) is 23.6. The number of carbonyl (C=O) groups excluding carboxylic acids is 1. The topological polar surface area (TPSA) is 113 Å². The van der Waals surface area contributed by atoms with Gasteiger partial charge in [-0.2, -0.15) is 15.1 Å². The summed E-state index contributed by atoms with van der Waals surface area (Å²) >= 11 is 0. The number of likely N-dealkylation sites (tertiary alicyclic amines) is 1. The Hall–Kier alpha value is -3.77. The Morgan fingerprint density at radius 2 is 1.81 bits per heavy atom. The SMILES string of the molecule is Cc1cccc(/C=N/Nc2nc(N3CCOCC3)nc3c2ncn3C2CN(C(=O)N3CCOCC3)C2)c1. The molecule has 3 aliphatic rings. The molecule has 3 aliphatic heterocycles. The maximum Gasteiger partial charge on any atom is 0.320 e. The number of imidazole rings is 1. The molecule has 0 spiro atoms. The lowest BCUT2D eigenvalue weighted by Gasteiger charge is -2.43. The zero-order chi connectivity index (χ0) is 25.2. The van der Waals surface area contributed by atoms with Crippen LogP contribution in [0.4, 0.5) is 16.6 Å². The number of nitrogens with one attached hydrogen (secondary N) is 1. The highest BCUT2D eigenvalue weighted by molar-refractivity contribution is 5.86. The van der Waals surface area contributed by atoms with Crippen LogP contribution in [-0.2, 0) is 9.47 Å². The number of aromatic nitrogens is 4. The number of aryl methyl sites for hydroxylation is 1. The Kier molecular flexibility index (Phi) is 6.58. The highest BCUT2D eigenvalue weighted by Gasteiger charge is 2.36. The van der Waals surface area contributed by atoms with Gasteiger partial charge in [0.05, 0.1) is 45.0 Å². The van der Waals surface area contributed by atoms with Gasteiger partial charge in [0.2, 0.25) is 5.95 Å². The van der Waals surface area contributed by atoms with Gasteiger partial charge in [0.1, 0.15) is 0 Å². The second-order valence-corrected chi connectivity index (χ2v) is 9.52. The molecule has 3 saturated heterocycles. The number of rotatable bonds is 5. The van der Waals surface area contributed by atoms with E-state index in [0.717, 1.165) is 24.3 Å². The van der Waals surface area contributed by atoms with E-state index in [4.69, 9.17) is 19.4 Å². The van der Waals surface area contributed by atoms with Gasteiger partial charge in [-0.15, -0.1) is 0 Å². The lowest BCUT2D eigenvalue weighted by Crippen LogP contribution is -2.57. The molecule has 2 amide bonds. The lowest BCUT2D eigenvalue weighted by molar-refractivity contribution is 0.0304. The van der Waals surface area contributed by atoms with Crippen molar-refractivity contribution in [3.8, 4) is 0 Å². The minimum Gasteiger partial charge on any atom is -0.378 e. The predicted octanol–water partition coefficient (Wildman–Crippen LogP) is 1.73. The molecule has 0 bridgehead atoms. The van der Waals surface area contributed by atoms with E-state index in [2.05, 4.69) is 44.0 Å². The molecule has 0 radical (unpaired) electrons. The number of ether oxygens (including phenoxy) is 2. The minimum absolute atomic E-state index is 0.0699. The van der Waals surface area contributed by atoms with E-state index < -0.39 is 0 Å². The molecule has 12 heteroatoms. The fourth-order valence-corrected chi connectivity index (χ4v) is 4.82. The number of hydrogen-bond acceptors (Lipinski definition) is 9. The number of carbonyl (C=O) groups is 1. The van der Waals surface area contributed by atoms with E-state index in [-0.39, 0.29) is 12.1 Å². The Bertz CT molecular complexity index is 1290. The normalized spacial score (nSPS) is 19.0. The predicted molar refractivity (Wildman–Crippen MR) is 139 cm³/mol. The summed E-state index contributed by atoms with van der Waals surface area (Å²) in [5.74, 6) is 1.17. The molecule has 5 heterocycles. The number of hydrogen-bond donors (Lipinski definition) is 1. The first-order valence-electron chi connectivity index (χ1n) is 12.7. The van der Waals surface area contributed by atoms with Gasteiger partial charge in [0, 0.05) is 39.3 Å². The van der Waals surface area contributed by atoms with E-state index in [1.54, 1.807) is 12.5 Å². The molecule has 1 aromatic carbocycles. The molecule has 0 saturated carbocycles. The second kappa shape index (κ2) is 10.3. The molecular weight excluding hydrogens is 474 g/mol. The number of benzene rings is 1. The number of fused-ring (bicyclic) bond motifs is 1. The number of nitrogens with zero attached hydrogens (tertiary/aromatic N) is 8. The van der Waals surface area contributed by atoms with E-state index in [1.807, 2.05) is 21.9 Å². The Labute approximate surface area is 214 Å². The molecule has 1 N–H and O–H groups in total. The van der Waals surface area contributed by atoms with E-state index in [1.165, 1.54) is 5.56 Å². The molecule has 0 atom stereocenters. The molecule has 194 valence electrons. The molecule has 3 fully saturated rings. The Morgan fingerprint density at radius 3 is 2.57 bits per heavy atom. The smallest absolute Gasteiger partial charge is 0.320 e. The number of urea groups is 1. The average molecular weight is 506 g/mol. The zero-order valence-corrected chi connectivity index (χ0v) is 20.9. The molecule has 3 aromatic rings. The van der Waals surface area contributed by atoms with Crippen molar-refractivity contribution in [2.75, 3.05) is 76.0 Å². The molecular formula is C25H31N9O3. The van der Waals surface area contributed by atoms with Gasteiger partial charge in [-0.25, -0.2) is 9.78 Å². The molecule has 12 nitrogen and oxygen atoms in total. The number of amides is 2. The van der Waals surface area contributed by atoms with Gasteiger partial charge < -0.3 is 28.7 Å². The summed E-state index contributed by atoms with van der Waals surface area (Å²) in [6.45, 7) is 8.47. The number of morpholine rings is 2. The van der Waals surface area contributed by atoms with Gasteiger partial charge in [-0.3, -0.25) is 5.43 Å². The largest absolute Gasteiger partial charge is 0.378 e. The van der Waals surface area contributed by atoms with Gasteiger partial charge >= 0.3 is 6.03 Å². The van der Waals surface area contributed by atoms with Gasteiger partial charge in [-0.05, 0) is 12.5 Å². The van der Waals surface area contributed by atoms with Crippen LogP contribution in [0.3, 0.4) is 0 Å². The summed E-state index contributed by atoms with van der Waals surface area (Å²) in [7, 11) is 0. The third kappa shape index (κ3) is 4.94. The quantitative estimate of drug-likeness (QED) is 0.412. The fourth-order valence-electron chi connectivity index (χ4n) is 4.82. The highest BCUT2D eigenvalue weighted by atomic mass is 16.5. The van der Waals surface area contributed by atoms with Crippen LogP contribution in [0.2, 0.25) is 0 Å². The minimum atomic E-state index is 0.0699. The summed E-state index contributed by atoms with van der Waals surface area (Å²) in [6, 6.07) is 8.29. The van der Waals surface area contributed by atoms with Gasteiger partial charge in [0.25, 0.3) is 0 Å². The van der Waals surface area contributed by atoms with Crippen LogP contribution in [0, 0.1) is 6.92 Å². The summed E-state index contributed by atoms with van der Waals surface area (Å²) in [5.41, 5.74) is 6.64. The van der Waals surface area contributed by atoms with Crippen LogP contribution in [0.5, 0.6) is 0 Å². The summed E-state index contributed by atoms with van der Waals surface area (Å²) in [4.78, 5) is 33.0. The third-order valence-electron chi connectivity index (χ3n) is 6.94. The van der Waals surface area contributed by atoms with Crippen LogP contribution < -0.4 is 10.3 Å². The summed E-state index contributed by atoms with van der Waals surface area (Å²) < 4.78 is 12.9. The van der Waals surface area contributed by atoms with Crippen molar-refractivity contribution in [2.45, 2.75) is 13.0 Å². The maximum atomic E-state index is 12.8. The lowest BCUT2D eigenvalue weighted by atomic mass is 10.1.